The molecule has 2 amide bonds. The molecule has 2 N–H and O–H groups in total. The van der Waals surface area contributed by atoms with Crippen LogP contribution in [0.4, 0.5) is 4.79 Å². The number of likely N-dealkylation sites (N-methyl/N-ethyl adjacent to an activating group) is 1. The van der Waals surface area contributed by atoms with Crippen molar-refractivity contribution in [3.8, 4) is 0 Å². The van der Waals surface area contributed by atoms with E-state index in [0.717, 1.165) is 19.4 Å². The van der Waals surface area contributed by atoms with Crippen LogP contribution in [0.3, 0.4) is 0 Å². The molecule has 116 valence electrons. The van der Waals surface area contributed by atoms with Crippen LogP contribution in [0.5, 0.6) is 0 Å². The number of aliphatic carboxylic acids is 1. The van der Waals surface area contributed by atoms with E-state index in [4.69, 9.17) is 4.74 Å². The van der Waals surface area contributed by atoms with Crippen molar-refractivity contribution in [3.05, 3.63) is 0 Å². The molecule has 0 aromatic heterocycles. The summed E-state index contributed by atoms with van der Waals surface area (Å²) in [6.07, 6.45) is 2.04. The third-order valence-electron chi connectivity index (χ3n) is 3.50. The van der Waals surface area contributed by atoms with Crippen molar-refractivity contribution < 1.29 is 19.4 Å². The van der Waals surface area contributed by atoms with Crippen LogP contribution in [-0.2, 0) is 9.53 Å². The number of nitrogens with zero attached hydrogens (tertiary/aromatic N) is 1. The molecule has 1 heterocycles. The van der Waals surface area contributed by atoms with Gasteiger partial charge in [0, 0.05) is 19.7 Å². The van der Waals surface area contributed by atoms with Crippen molar-refractivity contribution in [1.29, 1.82) is 0 Å². The number of ether oxygens (including phenoxy) is 1. The average Bonchev–Trinajstić information content (AvgIpc) is 2.83. The molecule has 0 saturated carbocycles. The maximum Gasteiger partial charge on any atom is 0.326 e. The highest BCUT2D eigenvalue weighted by Crippen LogP contribution is 2.20. The Kier molecular flexibility index (Phi) is 5.80. The molecular weight excluding hydrogens is 260 g/mol. The summed E-state index contributed by atoms with van der Waals surface area (Å²) in [5, 5.41) is 11.9. The number of carboxylic acid groups (broad SMARTS) is 1. The Labute approximate surface area is 120 Å². The zero-order valence-electron chi connectivity index (χ0n) is 12.8. The topological polar surface area (TPSA) is 78.9 Å². The fraction of sp³-hybridized carbons (Fsp3) is 0.857. The van der Waals surface area contributed by atoms with Gasteiger partial charge in [0.1, 0.15) is 6.04 Å². The van der Waals surface area contributed by atoms with Crippen LogP contribution in [0.15, 0.2) is 0 Å². The van der Waals surface area contributed by atoms with Crippen molar-refractivity contribution in [2.45, 2.75) is 52.7 Å². The van der Waals surface area contributed by atoms with Crippen molar-refractivity contribution in [3.63, 3.8) is 0 Å². The minimum absolute atomic E-state index is 0.0682. The van der Waals surface area contributed by atoms with E-state index in [-0.39, 0.29) is 12.1 Å². The van der Waals surface area contributed by atoms with E-state index < -0.39 is 17.4 Å². The summed E-state index contributed by atoms with van der Waals surface area (Å²) in [6, 6.07) is -1.25. The lowest BCUT2D eigenvalue weighted by molar-refractivity contribution is -0.142. The lowest BCUT2D eigenvalue weighted by Crippen LogP contribution is -2.54. The Bertz CT molecular complexity index is 346. The van der Waals surface area contributed by atoms with Gasteiger partial charge >= 0.3 is 12.0 Å². The first-order valence-electron chi connectivity index (χ1n) is 7.15. The maximum atomic E-state index is 12.2. The summed E-state index contributed by atoms with van der Waals surface area (Å²) in [6.45, 7) is 9.04. The molecule has 1 aliphatic rings. The molecule has 1 unspecified atom stereocenters. The molecule has 0 bridgehead atoms. The van der Waals surface area contributed by atoms with Gasteiger partial charge in [-0.05, 0) is 25.2 Å². The Morgan fingerprint density at radius 1 is 1.45 bits per heavy atom. The smallest absolute Gasteiger partial charge is 0.326 e. The molecular formula is C14H26N2O4. The number of nitrogens with one attached hydrogen (secondary N) is 1. The normalized spacial score (nSPS) is 20.5. The van der Waals surface area contributed by atoms with Crippen molar-refractivity contribution >= 4 is 12.0 Å². The standard InChI is InChI=1S/C14H26N2O4/c1-5-16(9-10-7-6-8-20-10)13(19)15-11(12(17)18)14(2,3)4/h10-11H,5-9H2,1-4H3,(H,15,19)(H,17,18)/t10?,11-/m1/s1. The number of hydrogen-bond donors (Lipinski definition) is 2. The molecule has 6 heteroatoms. The molecule has 1 saturated heterocycles. The molecule has 0 aliphatic carbocycles. The lowest BCUT2D eigenvalue weighted by atomic mass is 9.87. The first kappa shape index (κ1) is 16.8. The summed E-state index contributed by atoms with van der Waals surface area (Å²) >= 11 is 0. The lowest BCUT2D eigenvalue weighted by Gasteiger charge is -2.31. The van der Waals surface area contributed by atoms with E-state index >= 15 is 0 Å². The number of urea groups is 1. The second-order valence-corrected chi connectivity index (χ2v) is 6.26. The molecule has 0 radical (unpaired) electrons. The van der Waals surface area contributed by atoms with Crippen molar-refractivity contribution in [1.82, 2.24) is 10.2 Å². The van der Waals surface area contributed by atoms with E-state index in [0.29, 0.717) is 13.1 Å². The predicted octanol–water partition coefficient (Wildman–Crippen LogP) is 1.70. The summed E-state index contributed by atoms with van der Waals surface area (Å²) in [4.78, 5) is 25.1. The maximum absolute atomic E-state index is 12.2. The second-order valence-electron chi connectivity index (χ2n) is 6.26. The largest absolute Gasteiger partial charge is 0.480 e. The molecule has 1 rings (SSSR count). The average molecular weight is 286 g/mol. The second kappa shape index (κ2) is 6.92. The van der Waals surface area contributed by atoms with Gasteiger partial charge in [0.2, 0.25) is 0 Å². The van der Waals surface area contributed by atoms with Crippen molar-refractivity contribution in [2.24, 2.45) is 5.41 Å². The van der Waals surface area contributed by atoms with Gasteiger partial charge in [0.15, 0.2) is 0 Å². The van der Waals surface area contributed by atoms with Gasteiger partial charge < -0.3 is 20.1 Å². The molecule has 20 heavy (non-hydrogen) atoms. The summed E-state index contributed by atoms with van der Waals surface area (Å²) in [5.74, 6) is -1.01. The zero-order chi connectivity index (χ0) is 15.3. The predicted molar refractivity (Wildman–Crippen MR) is 75.6 cm³/mol. The van der Waals surface area contributed by atoms with Crippen LogP contribution in [0.2, 0.25) is 0 Å². The number of hydrogen-bond acceptors (Lipinski definition) is 3. The molecule has 2 atom stereocenters. The van der Waals surface area contributed by atoms with Crippen LogP contribution in [-0.4, -0.2) is 53.8 Å². The fourth-order valence-corrected chi connectivity index (χ4v) is 2.25. The third-order valence-corrected chi connectivity index (χ3v) is 3.50. The summed E-state index contributed by atoms with van der Waals surface area (Å²) in [7, 11) is 0. The Hall–Kier alpha value is -1.30. The molecule has 0 aromatic carbocycles. The SMILES string of the molecule is CCN(CC1CCCO1)C(=O)N[C@H](C(=O)O)C(C)(C)C. The number of amides is 2. The minimum atomic E-state index is -1.01. The van der Waals surface area contributed by atoms with Crippen LogP contribution >= 0.6 is 0 Å². The highest BCUT2D eigenvalue weighted by molar-refractivity contribution is 5.83. The van der Waals surface area contributed by atoms with E-state index in [2.05, 4.69) is 5.32 Å². The van der Waals surface area contributed by atoms with E-state index in [9.17, 15) is 14.7 Å². The highest BCUT2D eigenvalue weighted by Gasteiger charge is 2.34. The van der Waals surface area contributed by atoms with Gasteiger partial charge in [-0.2, -0.15) is 0 Å². The van der Waals surface area contributed by atoms with E-state index in [1.807, 2.05) is 6.92 Å². The van der Waals surface area contributed by atoms with Gasteiger partial charge in [-0.3, -0.25) is 0 Å². The van der Waals surface area contributed by atoms with Crippen LogP contribution in [0, 0.1) is 5.41 Å². The quantitative estimate of drug-likeness (QED) is 0.806. The Balaban J connectivity index is 2.62. The number of carbonyl (C=O) groups is 2. The molecule has 1 fully saturated rings. The minimum Gasteiger partial charge on any atom is -0.480 e. The van der Waals surface area contributed by atoms with Gasteiger partial charge in [0.25, 0.3) is 0 Å². The highest BCUT2D eigenvalue weighted by atomic mass is 16.5. The number of carbonyl (C=O) groups excluding carboxylic acids is 1. The van der Waals surface area contributed by atoms with Gasteiger partial charge in [-0.1, -0.05) is 20.8 Å². The van der Waals surface area contributed by atoms with E-state index in [1.54, 1.807) is 25.7 Å². The monoisotopic (exact) mass is 286 g/mol. The fourth-order valence-electron chi connectivity index (χ4n) is 2.25. The van der Waals surface area contributed by atoms with E-state index in [1.165, 1.54) is 0 Å². The Morgan fingerprint density at radius 2 is 2.10 bits per heavy atom. The zero-order valence-corrected chi connectivity index (χ0v) is 12.8. The van der Waals surface area contributed by atoms with Gasteiger partial charge in [-0.25, -0.2) is 9.59 Å². The molecule has 1 aliphatic heterocycles. The molecule has 0 spiro atoms. The number of carboxylic acids is 1. The van der Waals surface area contributed by atoms with Crippen LogP contribution in [0.25, 0.3) is 0 Å². The number of rotatable bonds is 5. The summed E-state index contributed by atoms with van der Waals surface area (Å²) in [5.41, 5.74) is -0.537. The molecule has 6 nitrogen and oxygen atoms in total. The van der Waals surface area contributed by atoms with Gasteiger partial charge in [-0.15, -0.1) is 0 Å². The van der Waals surface area contributed by atoms with Crippen molar-refractivity contribution in [2.75, 3.05) is 19.7 Å². The first-order chi connectivity index (χ1) is 9.25. The third kappa shape index (κ3) is 4.67. The Morgan fingerprint density at radius 3 is 2.50 bits per heavy atom. The van der Waals surface area contributed by atoms with Crippen LogP contribution < -0.4 is 5.32 Å². The molecule has 0 aromatic rings. The first-order valence-corrected chi connectivity index (χ1v) is 7.15. The van der Waals surface area contributed by atoms with Crippen LogP contribution in [0.1, 0.15) is 40.5 Å². The summed E-state index contributed by atoms with van der Waals surface area (Å²) < 4.78 is 5.52. The van der Waals surface area contributed by atoms with Gasteiger partial charge in [0.05, 0.1) is 6.10 Å².